The highest BCUT2D eigenvalue weighted by molar-refractivity contribution is 7.17. The summed E-state index contributed by atoms with van der Waals surface area (Å²) in [6.45, 7) is 3.99. The lowest BCUT2D eigenvalue weighted by Gasteiger charge is -2.09. The summed E-state index contributed by atoms with van der Waals surface area (Å²) in [5, 5.41) is 11.5. The third-order valence-electron chi connectivity index (χ3n) is 4.74. The molecule has 0 spiro atoms. The van der Waals surface area contributed by atoms with Crippen LogP contribution in [0.1, 0.15) is 34.6 Å². The maximum absolute atomic E-state index is 13.2. The topological polar surface area (TPSA) is 85.3 Å². The minimum Gasteiger partial charge on any atom is -0.475 e. The van der Waals surface area contributed by atoms with Gasteiger partial charge in [0.05, 0.1) is 11.9 Å². The molecular weight excluding hydrogens is 376 g/mol. The molecule has 0 radical (unpaired) electrons. The van der Waals surface area contributed by atoms with Gasteiger partial charge in [0.2, 0.25) is 5.76 Å². The van der Waals surface area contributed by atoms with Crippen LogP contribution in [0.15, 0.2) is 51.0 Å². The number of carboxylic acid groups (broad SMARTS) is 1. The Kier molecular flexibility index (Phi) is 4.60. The van der Waals surface area contributed by atoms with E-state index in [9.17, 15) is 9.59 Å². The molecule has 3 aromatic heterocycles. The highest BCUT2D eigenvalue weighted by atomic mass is 32.1. The number of fused-ring (bicyclic) bond motifs is 1. The van der Waals surface area contributed by atoms with E-state index in [1.54, 1.807) is 13.0 Å². The standard InChI is InChI=1S/C21H18N2O4S/c1-3-13-4-6-14(7-5-13)16-11-28-19-18(16)20(24)23(12(2)22-19)10-15-8-9-17(27-15)21(25)26/h4-9,11H,3,10H2,1-2H3,(H,25,26). The summed E-state index contributed by atoms with van der Waals surface area (Å²) < 4.78 is 6.83. The summed E-state index contributed by atoms with van der Waals surface area (Å²) in [6.07, 6.45) is 0.958. The number of hydrogen-bond donors (Lipinski definition) is 1. The molecule has 0 saturated heterocycles. The molecule has 28 heavy (non-hydrogen) atoms. The number of furan rings is 1. The van der Waals surface area contributed by atoms with Crippen molar-refractivity contribution in [2.24, 2.45) is 0 Å². The summed E-state index contributed by atoms with van der Waals surface area (Å²) in [5.41, 5.74) is 2.91. The minimum absolute atomic E-state index is 0.130. The van der Waals surface area contributed by atoms with E-state index in [2.05, 4.69) is 24.0 Å². The zero-order valence-corrected chi connectivity index (χ0v) is 16.2. The number of aryl methyl sites for hydroxylation is 2. The van der Waals surface area contributed by atoms with E-state index in [0.29, 0.717) is 21.8 Å². The molecule has 7 heteroatoms. The van der Waals surface area contributed by atoms with Crippen molar-refractivity contribution in [1.29, 1.82) is 0 Å². The lowest BCUT2D eigenvalue weighted by molar-refractivity contribution is 0.0660. The van der Waals surface area contributed by atoms with Crippen LogP contribution in [-0.4, -0.2) is 20.6 Å². The Morgan fingerprint density at radius 2 is 1.96 bits per heavy atom. The van der Waals surface area contributed by atoms with Crippen LogP contribution in [0.25, 0.3) is 21.3 Å². The van der Waals surface area contributed by atoms with Gasteiger partial charge >= 0.3 is 5.97 Å². The first-order chi connectivity index (χ1) is 13.5. The summed E-state index contributed by atoms with van der Waals surface area (Å²) in [7, 11) is 0. The van der Waals surface area contributed by atoms with Crippen LogP contribution >= 0.6 is 11.3 Å². The van der Waals surface area contributed by atoms with Gasteiger partial charge in [0.1, 0.15) is 16.4 Å². The number of rotatable bonds is 5. The smallest absolute Gasteiger partial charge is 0.371 e. The van der Waals surface area contributed by atoms with Gasteiger partial charge in [-0.1, -0.05) is 31.2 Å². The number of thiophene rings is 1. The molecular formula is C21H18N2O4S. The highest BCUT2D eigenvalue weighted by Gasteiger charge is 2.17. The number of carbonyl (C=O) groups is 1. The van der Waals surface area contributed by atoms with E-state index in [1.807, 2.05) is 17.5 Å². The number of nitrogens with zero attached hydrogens (tertiary/aromatic N) is 2. The number of aromatic carboxylic acids is 1. The zero-order chi connectivity index (χ0) is 19.8. The molecule has 4 aromatic rings. The third-order valence-corrected chi connectivity index (χ3v) is 5.62. The van der Waals surface area contributed by atoms with Gasteiger partial charge in [0.25, 0.3) is 5.56 Å². The molecule has 0 atom stereocenters. The second-order valence-electron chi connectivity index (χ2n) is 6.50. The highest BCUT2D eigenvalue weighted by Crippen LogP contribution is 2.31. The van der Waals surface area contributed by atoms with E-state index in [4.69, 9.17) is 9.52 Å². The summed E-state index contributed by atoms with van der Waals surface area (Å²) in [6, 6.07) is 11.1. The second kappa shape index (κ2) is 7.09. The quantitative estimate of drug-likeness (QED) is 0.544. The van der Waals surface area contributed by atoms with Gasteiger partial charge in [0.15, 0.2) is 0 Å². The molecule has 4 rings (SSSR count). The zero-order valence-electron chi connectivity index (χ0n) is 15.4. The molecule has 142 valence electrons. The van der Waals surface area contributed by atoms with Gasteiger partial charge in [-0.15, -0.1) is 11.3 Å². The summed E-state index contributed by atoms with van der Waals surface area (Å²) in [4.78, 5) is 29.5. The Morgan fingerprint density at radius 3 is 2.61 bits per heavy atom. The first kappa shape index (κ1) is 18.2. The fourth-order valence-corrected chi connectivity index (χ4v) is 4.16. The van der Waals surface area contributed by atoms with Crippen LogP contribution in [0.2, 0.25) is 0 Å². The summed E-state index contributed by atoms with van der Waals surface area (Å²) >= 11 is 1.44. The predicted octanol–water partition coefficient (Wildman–Crippen LogP) is 4.34. The molecule has 1 aromatic carbocycles. The van der Waals surface area contributed by atoms with Gasteiger partial charge in [-0.05, 0) is 36.6 Å². The first-order valence-corrected chi connectivity index (χ1v) is 9.76. The molecule has 3 heterocycles. The Balaban J connectivity index is 1.81. The molecule has 0 aliphatic heterocycles. The van der Waals surface area contributed by atoms with Crippen LogP contribution in [0.3, 0.4) is 0 Å². The van der Waals surface area contributed by atoms with Gasteiger partial charge in [-0.2, -0.15) is 0 Å². The summed E-state index contributed by atoms with van der Waals surface area (Å²) in [5.74, 6) is -0.338. The van der Waals surface area contributed by atoms with Crippen molar-refractivity contribution in [1.82, 2.24) is 9.55 Å². The number of aromatic nitrogens is 2. The van der Waals surface area contributed by atoms with Crippen molar-refractivity contribution >= 4 is 27.5 Å². The normalized spacial score (nSPS) is 11.2. The van der Waals surface area contributed by atoms with E-state index < -0.39 is 5.97 Å². The van der Waals surface area contributed by atoms with E-state index >= 15 is 0 Å². The lowest BCUT2D eigenvalue weighted by Crippen LogP contribution is -2.24. The van der Waals surface area contributed by atoms with Crippen molar-refractivity contribution in [3.05, 3.63) is 75.0 Å². The van der Waals surface area contributed by atoms with Crippen molar-refractivity contribution in [2.45, 2.75) is 26.8 Å². The van der Waals surface area contributed by atoms with Crippen molar-refractivity contribution < 1.29 is 14.3 Å². The average molecular weight is 394 g/mol. The maximum Gasteiger partial charge on any atom is 0.371 e. The molecule has 1 N–H and O–H groups in total. The van der Waals surface area contributed by atoms with Gasteiger partial charge < -0.3 is 9.52 Å². The number of benzene rings is 1. The van der Waals surface area contributed by atoms with Crippen LogP contribution < -0.4 is 5.56 Å². The molecule has 0 aliphatic carbocycles. The third kappa shape index (κ3) is 3.14. The Labute approximate surface area is 164 Å². The monoisotopic (exact) mass is 394 g/mol. The van der Waals surface area contributed by atoms with Gasteiger partial charge in [0, 0.05) is 10.9 Å². The van der Waals surface area contributed by atoms with E-state index in [1.165, 1.54) is 27.5 Å². The SMILES string of the molecule is CCc1ccc(-c2csc3nc(C)n(Cc4ccc(C(=O)O)o4)c(=O)c23)cc1. The molecule has 6 nitrogen and oxygen atoms in total. The van der Waals surface area contributed by atoms with Gasteiger partial charge in [-0.25, -0.2) is 9.78 Å². The largest absolute Gasteiger partial charge is 0.475 e. The lowest BCUT2D eigenvalue weighted by atomic mass is 10.0. The van der Waals surface area contributed by atoms with Crippen LogP contribution in [0.4, 0.5) is 0 Å². The molecule has 0 fully saturated rings. The predicted molar refractivity (Wildman–Crippen MR) is 108 cm³/mol. The number of hydrogen-bond acceptors (Lipinski definition) is 5. The second-order valence-corrected chi connectivity index (χ2v) is 7.36. The average Bonchev–Trinajstić information content (AvgIpc) is 3.32. The van der Waals surface area contributed by atoms with Crippen LogP contribution in [-0.2, 0) is 13.0 Å². The van der Waals surface area contributed by atoms with Crippen molar-refractivity contribution in [3.63, 3.8) is 0 Å². The molecule has 0 aliphatic rings. The maximum atomic E-state index is 13.2. The Morgan fingerprint density at radius 1 is 1.21 bits per heavy atom. The number of carboxylic acids is 1. The molecule has 0 amide bonds. The van der Waals surface area contributed by atoms with Crippen LogP contribution in [0.5, 0.6) is 0 Å². The van der Waals surface area contributed by atoms with Crippen molar-refractivity contribution in [3.8, 4) is 11.1 Å². The first-order valence-electron chi connectivity index (χ1n) is 8.88. The Bertz CT molecular complexity index is 1230. The van der Waals surface area contributed by atoms with Crippen molar-refractivity contribution in [2.75, 3.05) is 0 Å². The van der Waals surface area contributed by atoms with Gasteiger partial charge in [-0.3, -0.25) is 9.36 Å². The fourth-order valence-electron chi connectivity index (χ4n) is 3.18. The van der Waals surface area contributed by atoms with Crippen LogP contribution in [0, 0.1) is 6.92 Å². The Hall–Kier alpha value is -3.19. The molecule has 0 saturated carbocycles. The van der Waals surface area contributed by atoms with E-state index in [-0.39, 0.29) is 17.9 Å². The van der Waals surface area contributed by atoms with E-state index in [0.717, 1.165) is 17.5 Å². The fraction of sp³-hybridized carbons (Fsp3) is 0.190. The molecule has 0 unspecified atom stereocenters. The minimum atomic E-state index is -1.14. The molecule has 0 bridgehead atoms.